The van der Waals surface area contributed by atoms with Gasteiger partial charge in [0.05, 0.1) is 0 Å². The summed E-state index contributed by atoms with van der Waals surface area (Å²) in [5.74, 6) is 0.747. The first-order valence-electron chi connectivity index (χ1n) is 9.22. The van der Waals surface area contributed by atoms with Crippen molar-refractivity contribution in [2.75, 3.05) is 29.6 Å². The number of anilines is 4. The van der Waals surface area contributed by atoms with Crippen molar-refractivity contribution in [2.45, 2.75) is 19.8 Å². The molecule has 0 aliphatic rings. The molecule has 3 rings (SSSR count). The Morgan fingerprint density at radius 3 is 2.04 bits per heavy atom. The third kappa shape index (κ3) is 4.85. The minimum absolute atomic E-state index is 0.265. The molecule has 2 aromatic carbocycles. The molecule has 0 saturated carbocycles. The first-order chi connectivity index (χ1) is 13.4. The van der Waals surface area contributed by atoms with Gasteiger partial charge in [-0.05, 0) is 60.0 Å². The van der Waals surface area contributed by atoms with Crippen LogP contribution in [0.2, 0.25) is 0 Å². The third-order valence-corrected chi connectivity index (χ3v) is 4.39. The Morgan fingerprint density at radius 2 is 1.50 bits per heavy atom. The average Bonchev–Trinajstić information content (AvgIpc) is 2.69. The Morgan fingerprint density at radius 1 is 0.857 bits per heavy atom. The zero-order valence-electron chi connectivity index (χ0n) is 16.6. The van der Waals surface area contributed by atoms with E-state index in [9.17, 15) is 4.79 Å². The van der Waals surface area contributed by atoms with Gasteiger partial charge < -0.3 is 15.5 Å². The lowest BCUT2D eigenvalue weighted by atomic mass is 10.0. The maximum atomic E-state index is 12.4. The van der Waals surface area contributed by atoms with Gasteiger partial charge in [0.2, 0.25) is 0 Å². The SMILES string of the molecule is CC(C)c1ccc(NC(=O)c2ccc(Nc3ccc(N(C)C)cc3)nn2)cc1. The Hall–Kier alpha value is -3.41. The van der Waals surface area contributed by atoms with E-state index in [2.05, 4.69) is 34.7 Å². The van der Waals surface area contributed by atoms with Crippen LogP contribution in [0.1, 0.15) is 35.8 Å². The number of amides is 1. The molecule has 28 heavy (non-hydrogen) atoms. The van der Waals surface area contributed by atoms with Gasteiger partial charge in [0, 0.05) is 31.2 Å². The van der Waals surface area contributed by atoms with Crippen molar-refractivity contribution in [3.8, 4) is 0 Å². The van der Waals surface area contributed by atoms with Crippen LogP contribution in [-0.4, -0.2) is 30.2 Å². The van der Waals surface area contributed by atoms with E-state index in [1.165, 1.54) is 5.56 Å². The number of rotatable bonds is 6. The standard InChI is InChI=1S/C22H25N5O/c1-15(2)16-5-7-18(8-6-16)24-22(28)20-13-14-21(26-25-20)23-17-9-11-19(12-10-17)27(3)4/h5-15H,1-4H3,(H,23,26)(H,24,28). The number of nitrogens with zero attached hydrogens (tertiary/aromatic N) is 3. The fraction of sp³-hybridized carbons (Fsp3) is 0.227. The largest absolute Gasteiger partial charge is 0.378 e. The molecule has 0 atom stereocenters. The Kier molecular flexibility index (Phi) is 5.89. The molecule has 0 bridgehead atoms. The van der Waals surface area contributed by atoms with E-state index in [0.29, 0.717) is 11.7 Å². The summed E-state index contributed by atoms with van der Waals surface area (Å²) >= 11 is 0. The predicted octanol–water partition coefficient (Wildman–Crippen LogP) is 4.66. The molecular formula is C22H25N5O. The lowest BCUT2D eigenvalue weighted by Crippen LogP contribution is -2.14. The van der Waals surface area contributed by atoms with E-state index in [4.69, 9.17) is 0 Å². The second kappa shape index (κ2) is 8.52. The second-order valence-corrected chi connectivity index (χ2v) is 7.10. The molecule has 1 heterocycles. The lowest BCUT2D eigenvalue weighted by Gasteiger charge is -2.13. The van der Waals surface area contributed by atoms with Crippen molar-refractivity contribution >= 4 is 28.8 Å². The van der Waals surface area contributed by atoms with Crippen LogP contribution in [0.5, 0.6) is 0 Å². The topological polar surface area (TPSA) is 70.2 Å². The van der Waals surface area contributed by atoms with Gasteiger partial charge in [0.1, 0.15) is 0 Å². The highest BCUT2D eigenvalue weighted by atomic mass is 16.1. The summed E-state index contributed by atoms with van der Waals surface area (Å²) < 4.78 is 0. The van der Waals surface area contributed by atoms with Crippen LogP contribution < -0.4 is 15.5 Å². The maximum absolute atomic E-state index is 12.4. The molecule has 0 fully saturated rings. The molecule has 1 aromatic heterocycles. The number of hydrogen-bond acceptors (Lipinski definition) is 5. The molecule has 0 spiro atoms. The van der Waals surface area contributed by atoms with Crippen molar-refractivity contribution in [3.05, 3.63) is 71.9 Å². The monoisotopic (exact) mass is 375 g/mol. The minimum Gasteiger partial charge on any atom is -0.378 e. The second-order valence-electron chi connectivity index (χ2n) is 7.10. The molecule has 2 N–H and O–H groups in total. The van der Waals surface area contributed by atoms with Gasteiger partial charge in [0.15, 0.2) is 11.5 Å². The fourth-order valence-corrected chi connectivity index (χ4v) is 2.66. The summed E-state index contributed by atoms with van der Waals surface area (Å²) in [5.41, 5.74) is 4.25. The number of benzene rings is 2. The van der Waals surface area contributed by atoms with E-state index in [0.717, 1.165) is 17.1 Å². The van der Waals surface area contributed by atoms with Gasteiger partial charge in [-0.1, -0.05) is 26.0 Å². The van der Waals surface area contributed by atoms with E-state index >= 15 is 0 Å². The maximum Gasteiger partial charge on any atom is 0.276 e. The molecule has 6 heteroatoms. The van der Waals surface area contributed by atoms with Crippen molar-refractivity contribution in [3.63, 3.8) is 0 Å². The van der Waals surface area contributed by atoms with Gasteiger partial charge >= 0.3 is 0 Å². The molecular weight excluding hydrogens is 350 g/mol. The number of hydrogen-bond donors (Lipinski definition) is 2. The number of carbonyl (C=O) groups is 1. The molecule has 0 radical (unpaired) electrons. The fourth-order valence-electron chi connectivity index (χ4n) is 2.66. The highest BCUT2D eigenvalue weighted by Gasteiger charge is 2.09. The molecule has 144 valence electrons. The third-order valence-electron chi connectivity index (χ3n) is 4.39. The predicted molar refractivity (Wildman–Crippen MR) is 115 cm³/mol. The Bertz CT molecular complexity index is 917. The summed E-state index contributed by atoms with van der Waals surface area (Å²) in [6.45, 7) is 4.27. The Balaban J connectivity index is 1.62. The zero-order chi connectivity index (χ0) is 20.1. The summed E-state index contributed by atoms with van der Waals surface area (Å²) in [7, 11) is 3.99. The minimum atomic E-state index is -0.285. The van der Waals surface area contributed by atoms with Crippen LogP contribution in [0.3, 0.4) is 0 Å². The highest BCUT2D eigenvalue weighted by molar-refractivity contribution is 6.02. The molecule has 6 nitrogen and oxygen atoms in total. The lowest BCUT2D eigenvalue weighted by molar-refractivity contribution is 0.102. The van der Waals surface area contributed by atoms with Crippen molar-refractivity contribution < 1.29 is 4.79 Å². The van der Waals surface area contributed by atoms with Gasteiger partial charge in [0.25, 0.3) is 5.91 Å². The van der Waals surface area contributed by atoms with Crippen molar-refractivity contribution in [1.82, 2.24) is 10.2 Å². The molecule has 1 amide bonds. The van der Waals surface area contributed by atoms with E-state index in [1.54, 1.807) is 12.1 Å². The van der Waals surface area contributed by atoms with Crippen molar-refractivity contribution in [1.29, 1.82) is 0 Å². The molecule has 0 aliphatic heterocycles. The van der Waals surface area contributed by atoms with Gasteiger partial charge in [-0.3, -0.25) is 4.79 Å². The molecule has 0 aliphatic carbocycles. The van der Waals surface area contributed by atoms with Crippen LogP contribution in [0.15, 0.2) is 60.7 Å². The van der Waals surface area contributed by atoms with Crippen LogP contribution in [0.4, 0.5) is 22.9 Å². The highest BCUT2D eigenvalue weighted by Crippen LogP contribution is 2.19. The average molecular weight is 375 g/mol. The Labute approximate surface area is 165 Å². The normalized spacial score (nSPS) is 10.6. The van der Waals surface area contributed by atoms with E-state index in [-0.39, 0.29) is 11.6 Å². The summed E-state index contributed by atoms with van der Waals surface area (Å²) in [6, 6.07) is 19.2. The van der Waals surface area contributed by atoms with Gasteiger partial charge in [-0.25, -0.2) is 0 Å². The summed E-state index contributed by atoms with van der Waals surface area (Å²) in [6.07, 6.45) is 0. The van der Waals surface area contributed by atoms with Gasteiger partial charge in [-0.15, -0.1) is 10.2 Å². The van der Waals surface area contributed by atoms with E-state index < -0.39 is 0 Å². The number of aromatic nitrogens is 2. The van der Waals surface area contributed by atoms with Crippen LogP contribution >= 0.6 is 0 Å². The smallest absolute Gasteiger partial charge is 0.276 e. The molecule has 0 unspecified atom stereocenters. The first-order valence-corrected chi connectivity index (χ1v) is 9.22. The number of nitrogens with one attached hydrogen (secondary N) is 2. The van der Waals surface area contributed by atoms with Crippen LogP contribution in [0, 0.1) is 0 Å². The summed E-state index contributed by atoms with van der Waals surface area (Å²) in [5, 5.41) is 14.2. The zero-order valence-corrected chi connectivity index (χ0v) is 16.6. The molecule has 0 saturated heterocycles. The number of carbonyl (C=O) groups excluding carboxylic acids is 1. The first kappa shape index (κ1) is 19.4. The van der Waals surface area contributed by atoms with E-state index in [1.807, 2.05) is 67.5 Å². The van der Waals surface area contributed by atoms with Gasteiger partial charge in [-0.2, -0.15) is 0 Å². The summed E-state index contributed by atoms with van der Waals surface area (Å²) in [4.78, 5) is 14.4. The van der Waals surface area contributed by atoms with Crippen LogP contribution in [-0.2, 0) is 0 Å². The van der Waals surface area contributed by atoms with Crippen molar-refractivity contribution in [2.24, 2.45) is 0 Å². The van der Waals surface area contributed by atoms with Crippen LogP contribution in [0.25, 0.3) is 0 Å². The quantitative estimate of drug-likeness (QED) is 0.656. The molecule has 3 aromatic rings.